The molecule has 0 aliphatic carbocycles. The van der Waals surface area contributed by atoms with Crippen LogP contribution < -0.4 is 9.04 Å². The van der Waals surface area contributed by atoms with Gasteiger partial charge >= 0.3 is 0 Å². The lowest BCUT2D eigenvalue weighted by Gasteiger charge is -2.17. The van der Waals surface area contributed by atoms with Crippen LogP contribution in [0.25, 0.3) is 33.5 Å². The molecule has 1 aliphatic rings. The molecule has 0 spiro atoms. The van der Waals surface area contributed by atoms with Crippen LogP contribution in [-0.4, -0.2) is 33.2 Å². The first-order valence-electron chi connectivity index (χ1n) is 11.1. The van der Waals surface area contributed by atoms with Gasteiger partial charge in [-0.15, -0.1) is 0 Å². The minimum atomic E-state index is -0.923. The summed E-state index contributed by atoms with van der Waals surface area (Å²) in [4.78, 5) is 4.14. The standard InChI is InChI=1S/C23H23N3O3S.C2H6/c1-3-25-20-13-18(28-2)9-10-19(20)22(21-14-24-15-29-21)23(25)16-5-7-17(8-6-16)26-11-4-12-30(26)27;1-2/h5-10,13-15H,3-4,11-12H2,1-2H3;1-2H3. The number of fused-ring (bicyclic) bond motifs is 1. The van der Waals surface area contributed by atoms with Crippen LogP contribution in [0.15, 0.2) is 59.5 Å². The molecule has 5 rings (SSSR count). The molecule has 32 heavy (non-hydrogen) atoms. The van der Waals surface area contributed by atoms with Gasteiger partial charge in [0.1, 0.15) is 16.7 Å². The second-order valence-corrected chi connectivity index (χ2v) is 8.74. The third-order valence-corrected chi connectivity index (χ3v) is 7.14. The van der Waals surface area contributed by atoms with Crippen molar-refractivity contribution >= 4 is 27.6 Å². The molecule has 1 aliphatic heterocycles. The number of rotatable bonds is 5. The fourth-order valence-corrected chi connectivity index (χ4v) is 5.54. The first kappa shape index (κ1) is 22.1. The zero-order valence-corrected chi connectivity index (χ0v) is 19.8. The number of benzene rings is 2. The number of hydrogen-bond donors (Lipinski definition) is 0. The molecule has 1 fully saturated rings. The molecule has 1 unspecified atom stereocenters. The highest BCUT2D eigenvalue weighted by molar-refractivity contribution is 7.86. The quantitative estimate of drug-likeness (QED) is 0.379. The molecular weight excluding hydrogens is 422 g/mol. The Bertz CT molecular complexity index is 1210. The molecule has 7 heteroatoms. The maximum atomic E-state index is 12.2. The van der Waals surface area contributed by atoms with E-state index in [0.29, 0.717) is 0 Å². The van der Waals surface area contributed by atoms with Crippen LogP contribution in [0.2, 0.25) is 0 Å². The van der Waals surface area contributed by atoms with Crippen LogP contribution in [-0.2, 0) is 17.5 Å². The van der Waals surface area contributed by atoms with E-state index in [9.17, 15) is 4.21 Å². The van der Waals surface area contributed by atoms with Gasteiger partial charge in [0, 0.05) is 36.0 Å². The number of methoxy groups -OCH3 is 1. The Labute approximate surface area is 191 Å². The molecular formula is C25H29N3O3S. The largest absolute Gasteiger partial charge is 0.497 e. The van der Waals surface area contributed by atoms with E-state index in [-0.39, 0.29) is 0 Å². The highest BCUT2D eigenvalue weighted by Gasteiger charge is 2.23. The molecule has 2 aromatic carbocycles. The van der Waals surface area contributed by atoms with E-state index >= 15 is 0 Å². The average Bonchev–Trinajstić information content (AvgIpc) is 3.58. The second kappa shape index (κ2) is 9.61. The molecule has 6 nitrogen and oxygen atoms in total. The molecule has 0 radical (unpaired) electrons. The first-order chi connectivity index (χ1) is 15.7. The molecule has 0 bridgehead atoms. The van der Waals surface area contributed by atoms with Crippen LogP contribution in [0.1, 0.15) is 27.2 Å². The summed E-state index contributed by atoms with van der Waals surface area (Å²) in [6.45, 7) is 7.77. The van der Waals surface area contributed by atoms with Crippen molar-refractivity contribution in [2.24, 2.45) is 0 Å². The third-order valence-electron chi connectivity index (χ3n) is 5.62. The Morgan fingerprint density at radius 3 is 2.53 bits per heavy atom. The Hall–Kier alpha value is -3.06. The summed E-state index contributed by atoms with van der Waals surface area (Å²) in [7, 11) is 0.758. The summed E-state index contributed by atoms with van der Waals surface area (Å²) >= 11 is 0. The summed E-state index contributed by atoms with van der Waals surface area (Å²) in [6.07, 6.45) is 4.18. The number of nitrogens with zero attached hydrogens (tertiary/aromatic N) is 3. The highest BCUT2D eigenvalue weighted by Crippen LogP contribution is 2.42. The van der Waals surface area contributed by atoms with Gasteiger partial charge in [0.15, 0.2) is 12.2 Å². The number of anilines is 1. The zero-order chi connectivity index (χ0) is 22.7. The van der Waals surface area contributed by atoms with Crippen LogP contribution >= 0.6 is 0 Å². The maximum Gasteiger partial charge on any atom is 0.181 e. The van der Waals surface area contributed by atoms with Gasteiger partial charge in [-0.1, -0.05) is 26.0 Å². The second-order valence-electron chi connectivity index (χ2n) is 7.24. The van der Waals surface area contributed by atoms with Gasteiger partial charge in [-0.05, 0) is 43.2 Å². The normalized spacial score (nSPS) is 15.6. The molecule has 1 saturated heterocycles. The van der Waals surface area contributed by atoms with Gasteiger partial charge in [-0.25, -0.2) is 9.19 Å². The SMILES string of the molecule is CC.CCn1c(-c2ccc(N3CCCS3=O)cc2)c(-c2cnco2)c2ccc(OC)cc21. The van der Waals surface area contributed by atoms with Crippen molar-refractivity contribution in [3.63, 3.8) is 0 Å². The molecule has 168 valence electrons. The molecule has 1 atom stereocenters. The summed E-state index contributed by atoms with van der Waals surface area (Å²) in [5, 5.41) is 1.09. The molecule has 0 N–H and O–H groups in total. The van der Waals surface area contributed by atoms with E-state index in [1.807, 2.05) is 24.2 Å². The number of aromatic nitrogens is 2. The van der Waals surface area contributed by atoms with Crippen molar-refractivity contribution in [3.8, 4) is 28.3 Å². The Morgan fingerprint density at radius 2 is 1.94 bits per heavy atom. The lowest BCUT2D eigenvalue weighted by Crippen LogP contribution is -2.19. The van der Waals surface area contributed by atoms with E-state index in [4.69, 9.17) is 9.15 Å². The lowest BCUT2D eigenvalue weighted by atomic mass is 10.0. The molecule has 4 aromatic rings. The van der Waals surface area contributed by atoms with Crippen molar-refractivity contribution in [1.82, 2.24) is 9.55 Å². The van der Waals surface area contributed by atoms with Crippen molar-refractivity contribution in [1.29, 1.82) is 0 Å². The lowest BCUT2D eigenvalue weighted by molar-refractivity contribution is 0.415. The minimum absolute atomic E-state index is 0.733. The number of aryl methyl sites for hydroxylation is 1. The summed E-state index contributed by atoms with van der Waals surface area (Å²) < 4.78 is 27.7. The Morgan fingerprint density at radius 1 is 1.16 bits per heavy atom. The number of hydrogen-bond acceptors (Lipinski definition) is 4. The van der Waals surface area contributed by atoms with Crippen LogP contribution in [0.5, 0.6) is 5.75 Å². The highest BCUT2D eigenvalue weighted by atomic mass is 32.2. The zero-order valence-electron chi connectivity index (χ0n) is 19.0. The number of ether oxygens (including phenoxy) is 1. The fraction of sp³-hybridized carbons (Fsp3) is 0.320. The van der Waals surface area contributed by atoms with Crippen LogP contribution in [0.3, 0.4) is 0 Å². The van der Waals surface area contributed by atoms with E-state index in [0.717, 1.165) is 70.2 Å². The molecule has 0 saturated carbocycles. The van der Waals surface area contributed by atoms with Crippen LogP contribution in [0.4, 0.5) is 5.69 Å². The Kier molecular flexibility index (Phi) is 6.65. The molecule has 3 heterocycles. The summed E-state index contributed by atoms with van der Waals surface area (Å²) in [6, 6.07) is 14.4. The van der Waals surface area contributed by atoms with Crippen molar-refractivity contribution in [2.75, 3.05) is 23.7 Å². The van der Waals surface area contributed by atoms with E-state index in [1.54, 1.807) is 13.3 Å². The fourth-order valence-electron chi connectivity index (χ4n) is 4.25. The van der Waals surface area contributed by atoms with Gasteiger partial charge in [-0.3, -0.25) is 4.31 Å². The summed E-state index contributed by atoms with van der Waals surface area (Å²) in [5.41, 5.74) is 5.25. The van der Waals surface area contributed by atoms with E-state index in [1.165, 1.54) is 6.39 Å². The van der Waals surface area contributed by atoms with Gasteiger partial charge < -0.3 is 13.7 Å². The Balaban J connectivity index is 0.00000119. The van der Waals surface area contributed by atoms with Gasteiger partial charge in [-0.2, -0.15) is 0 Å². The monoisotopic (exact) mass is 451 g/mol. The van der Waals surface area contributed by atoms with Crippen LogP contribution in [0, 0.1) is 0 Å². The first-order valence-corrected chi connectivity index (χ1v) is 12.3. The minimum Gasteiger partial charge on any atom is -0.497 e. The summed E-state index contributed by atoms with van der Waals surface area (Å²) in [5.74, 6) is 2.29. The van der Waals surface area contributed by atoms with Crippen molar-refractivity contribution < 1.29 is 13.4 Å². The van der Waals surface area contributed by atoms with Gasteiger partial charge in [0.2, 0.25) is 0 Å². The third kappa shape index (κ3) is 3.81. The molecule has 0 amide bonds. The topological polar surface area (TPSA) is 60.5 Å². The number of oxazole rings is 1. The van der Waals surface area contributed by atoms with E-state index in [2.05, 4.69) is 52.9 Å². The predicted octanol–water partition coefficient (Wildman–Crippen LogP) is 5.89. The maximum absolute atomic E-state index is 12.2. The van der Waals surface area contributed by atoms with E-state index < -0.39 is 11.0 Å². The average molecular weight is 452 g/mol. The van der Waals surface area contributed by atoms with Gasteiger partial charge in [0.25, 0.3) is 0 Å². The van der Waals surface area contributed by atoms with Crippen molar-refractivity contribution in [3.05, 3.63) is 55.1 Å². The van der Waals surface area contributed by atoms with Crippen molar-refractivity contribution in [2.45, 2.75) is 33.7 Å². The predicted molar refractivity (Wildman–Crippen MR) is 131 cm³/mol. The van der Waals surface area contributed by atoms with Gasteiger partial charge in [0.05, 0.1) is 30.1 Å². The molecule has 2 aromatic heterocycles. The smallest absolute Gasteiger partial charge is 0.181 e.